The molecule has 0 bridgehead atoms. The van der Waals surface area contributed by atoms with E-state index in [0.29, 0.717) is 13.0 Å². The first-order valence-corrected chi connectivity index (χ1v) is 7.05. The largest absolute Gasteiger partial charge is 0.388 e. The summed E-state index contributed by atoms with van der Waals surface area (Å²) in [5, 5.41) is 13.3. The summed E-state index contributed by atoms with van der Waals surface area (Å²) in [6.45, 7) is 2.54. The van der Waals surface area contributed by atoms with E-state index in [0.717, 1.165) is 12.0 Å². The first kappa shape index (κ1) is 15.5. The molecule has 0 fully saturated rings. The average molecular weight is 261 g/mol. The van der Waals surface area contributed by atoms with Crippen molar-refractivity contribution in [2.45, 2.75) is 51.6 Å². The highest BCUT2D eigenvalue weighted by atomic mass is 16.3. The van der Waals surface area contributed by atoms with Gasteiger partial charge in [-0.15, -0.1) is 0 Å². The monoisotopic (exact) mass is 261 g/mol. The Hall–Kier alpha value is -1.51. The highest BCUT2D eigenvalue weighted by molar-refractivity contribution is 5.24. The van der Waals surface area contributed by atoms with Crippen LogP contribution in [0.4, 0.5) is 0 Å². The first-order valence-electron chi connectivity index (χ1n) is 7.05. The Labute approximate surface area is 115 Å². The molecule has 19 heavy (non-hydrogen) atoms. The van der Waals surface area contributed by atoms with Crippen LogP contribution in [0.1, 0.15) is 56.3 Å². The van der Waals surface area contributed by atoms with Crippen LogP contribution < -0.4 is 0 Å². The van der Waals surface area contributed by atoms with Crippen molar-refractivity contribution in [3.63, 3.8) is 0 Å². The number of hydrogen-bond donors (Lipinski definition) is 1. The van der Waals surface area contributed by atoms with Gasteiger partial charge in [0.15, 0.2) is 0 Å². The second-order valence-corrected chi connectivity index (χ2v) is 4.81. The molecule has 0 spiro atoms. The summed E-state index contributed by atoms with van der Waals surface area (Å²) in [5.41, 5.74) is 10.4. The van der Waals surface area contributed by atoms with E-state index in [9.17, 15) is 5.11 Å². The van der Waals surface area contributed by atoms with Crippen molar-refractivity contribution in [2.24, 2.45) is 5.11 Å². The Morgan fingerprint density at radius 3 is 2.58 bits per heavy atom. The molecule has 1 rings (SSSR count). The predicted octanol–water partition coefficient (Wildman–Crippen LogP) is 4.54. The lowest BCUT2D eigenvalue weighted by atomic mass is 10.0. The van der Waals surface area contributed by atoms with E-state index >= 15 is 0 Å². The van der Waals surface area contributed by atoms with Crippen LogP contribution in [-0.2, 0) is 6.42 Å². The molecule has 0 saturated carbocycles. The zero-order chi connectivity index (χ0) is 13.9. The summed E-state index contributed by atoms with van der Waals surface area (Å²) in [7, 11) is 0. The molecule has 104 valence electrons. The molecule has 0 aliphatic heterocycles. The Morgan fingerprint density at radius 1 is 1.21 bits per heavy atom. The topological polar surface area (TPSA) is 69.0 Å². The lowest BCUT2D eigenvalue weighted by Crippen LogP contribution is -1.99. The van der Waals surface area contributed by atoms with Crippen molar-refractivity contribution in [1.29, 1.82) is 0 Å². The van der Waals surface area contributed by atoms with Gasteiger partial charge in [0.2, 0.25) is 0 Å². The molecule has 4 heteroatoms. The fraction of sp³-hybridized carbons (Fsp3) is 0.600. The molecule has 0 saturated heterocycles. The summed E-state index contributed by atoms with van der Waals surface area (Å²) in [4.78, 5) is 2.68. The minimum atomic E-state index is -0.542. The third-order valence-electron chi connectivity index (χ3n) is 3.25. The lowest BCUT2D eigenvalue weighted by molar-refractivity contribution is 0.170. The number of aryl methyl sites for hydroxylation is 1. The third-order valence-corrected chi connectivity index (χ3v) is 3.25. The Bertz CT molecular complexity index is 396. The minimum absolute atomic E-state index is 0.330. The summed E-state index contributed by atoms with van der Waals surface area (Å²) in [6.07, 6.45) is 6.11. The Kier molecular flexibility index (Phi) is 7.71. The molecule has 1 unspecified atom stereocenters. The fourth-order valence-corrected chi connectivity index (χ4v) is 2.05. The number of hydrogen-bond acceptors (Lipinski definition) is 2. The van der Waals surface area contributed by atoms with Gasteiger partial charge in [0.1, 0.15) is 0 Å². The van der Waals surface area contributed by atoms with Gasteiger partial charge < -0.3 is 5.11 Å². The van der Waals surface area contributed by atoms with Crippen molar-refractivity contribution >= 4 is 0 Å². The van der Waals surface area contributed by atoms with Crippen LogP contribution >= 0.6 is 0 Å². The van der Waals surface area contributed by atoms with Gasteiger partial charge in [-0.3, -0.25) is 0 Å². The van der Waals surface area contributed by atoms with Crippen LogP contribution in [0, 0.1) is 0 Å². The van der Waals surface area contributed by atoms with E-state index in [1.807, 2.05) is 12.1 Å². The number of aliphatic hydroxyl groups is 1. The smallest absolute Gasteiger partial charge is 0.0791 e. The number of unbranched alkanes of at least 4 members (excludes halogenated alkanes) is 3. The molecule has 1 aromatic carbocycles. The van der Waals surface area contributed by atoms with Crippen molar-refractivity contribution in [3.05, 3.63) is 45.8 Å². The van der Waals surface area contributed by atoms with Gasteiger partial charge in [-0.1, -0.05) is 55.6 Å². The van der Waals surface area contributed by atoms with Crippen molar-refractivity contribution in [1.82, 2.24) is 0 Å². The van der Waals surface area contributed by atoms with Gasteiger partial charge in [-0.05, 0) is 35.9 Å². The Balaban J connectivity index is 2.39. The minimum Gasteiger partial charge on any atom is -0.388 e. The molecule has 0 heterocycles. The molecule has 0 aliphatic carbocycles. The molecule has 0 aromatic heterocycles. The third kappa shape index (κ3) is 6.27. The van der Waals surface area contributed by atoms with E-state index in [4.69, 9.17) is 5.53 Å². The van der Waals surface area contributed by atoms with Crippen LogP contribution in [0.25, 0.3) is 10.4 Å². The summed E-state index contributed by atoms with van der Waals surface area (Å²) in [6, 6.07) is 8.10. The molecule has 4 nitrogen and oxygen atoms in total. The van der Waals surface area contributed by atoms with E-state index in [1.54, 1.807) is 0 Å². The number of azide groups is 1. The maximum Gasteiger partial charge on any atom is 0.0791 e. The second-order valence-electron chi connectivity index (χ2n) is 4.81. The Morgan fingerprint density at radius 2 is 1.95 bits per heavy atom. The molecular formula is C15H23N3O. The van der Waals surface area contributed by atoms with E-state index in [-0.39, 0.29) is 0 Å². The van der Waals surface area contributed by atoms with Gasteiger partial charge in [0, 0.05) is 11.5 Å². The van der Waals surface area contributed by atoms with Gasteiger partial charge in [0.05, 0.1) is 6.10 Å². The van der Waals surface area contributed by atoms with Crippen molar-refractivity contribution in [2.75, 3.05) is 6.54 Å². The maximum absolute atomic E-state index is 9.90. The highest BCUT2D eigenvalue weighted by Gasteiger charge is 2.06. The van der Waals surface area contributed by atoms with Gasteiger partial charge in [0.25, 0.3) is 0 Å². The zero-order valence-corrected chi connectivity index (χ0v) is 11.6. The summed E-state index contributed by atoms with van der Waals surface area (Å²) < 4.78 is 0. The molecule has 1 atom stereocenters. The predicted molar refractivity (Wildman–Crippen MR) is 77.9 cm³/mol. The lowest BCUT2D eigenvalue weighted by Gasteiger charge is -2.10. The van der Waals surface area contributed by atoms with Crippen LogP contribution in [-0.4, -0.2) is 11.7 Å². The van der Waals surface area contributed by atoms with Gasteiger partial charge in [-0.2, -0.15) is 0 Å². The first-order chi connectivity index (χ1) is 9.27. The van der Waals surface area contributed by atoms with Gasteiger partial charge in [-0.25, -0.2) is 0 Å². The molecule has 0 aliphatic rings. The van der Waals surface area contributed by atoms with Crippen LogP contribution in [0.2, 0.25) is 0 Å². The average Bonchev–Trinajstić information content (AvgIpc) is 2.44. The molecule has 0 radical (unpaired) electrons. The fourth-order valence-electron chi connectivity index (χ4n) is 2.05. The van der Waals surface area contributed by atoms with Crippen LogP contribution in [0.5, 0.6) is 0 Å². The number of aliphatic hydroxyl groups excluding tert-OH is 1. The SMILES string of the molecule is CCCCCCc1ccc(C(O)CCN=[N+]=[N-])cc1. The quantitative estimate of drug-likeness (QED) is 0.301. The highest BCUT2D eigenvalue weighted by Crippen LogP contribution is 2.18. The van der Waals surface area contributed by atoms with E-state index < -0.39 is 6.10 Å². The van der Waals surface area contributed by atoms with Crippen LogP contribution in [0.3, 0.4) is 0 Å². The molecular weight excluding hydrogens is 238 g/mol. The molecule has 1 aromatic rings. The van der Waals surface area contributed by atoms with E-state index in [2.05, 4.69) is 29.1 Å². The van der Waals surface area contributed by atoms with Crippen LogP contribution in [0.15, 0.2) is 29.4 Å². The normalized spacial score (nSPS) is 11.9. The van der Waals surface area contributed by atoms with Gasteiger partial charge >= 0.3 is 0 Å². The molecule has 1 N–H and O–H groups in total. The van der Waals surface area contributed by atoms with Crippen molar-refractivity contribution in [3.8, 4) is 0 Å². The standard InChI is InChI=1S/C15H23N3O/c1-2-3-4-5-6-13-7-9-14(10-8-13)15(19)11-12-17-18-16/h7-10,15,19H,2-6,11-12H2,1H3. The number of nitrogens with zero attached hydrogens (tertiary/aromatic N) is 3. The summed E-state index contributed by atoms with van der Waals surface area (Å²) in [5.74, 6) is 0. The van der Waals surface area contributed by atoms with E-state index in [1.165, 1.54) is 31.2 Å². The molecule has 0 amide bonds. The summed E-state index contributed by atoms with van der Waals surface area (Å²) >= 11 is 0. The van der Waals surface area contributed by atoms with Crippen molar-refractivity contribution < 1.29 is 5.11 Å². The zero-order valence-electron chi connectivity index (χ0n) is 11.6. The number of benzene rings is 1. The second kappa shape index (κ2) is 9.42. The maximum atomic E-state index is 9.90. The number of rotatable bonds is 9.